The number of carbonyl (C=O) groups is 2. The number of amides is 1. The molecule has 6 nitrogen and oxygen atoms in total. The van der Waals surface area contributed by atoms with Gasteiger partial charge in [-0.2, -0.15) is 0 Å². The highest BCUT2D eigenvalue weighted by Crippen LogP contribution is 2.21. The fourth-order valence-corrected chi connectivity index (χ4v) is 2.36. The third-order valence-corrected chi connectivity index (χ3v) is 3.24. The van der Waals surface area contributed by atoms with Gasteiger partial charge >= 0.3 is 5.97 Å². The smallest absolute Gasteiger partial charge is 0.337 e. The molecule has 1 aromatic carbocycles. The van der Waals surface area contributed by atoms with E-state index in [0.29, 0.717) is 24.0 Å². The molecule has 0 spiro atoms. The lowest BCUT2D eigenvalue weighted by molar-refractivity contribution is -0.121. The van der Waals surface area contributed by atoms with Gasteiger partial charge in [-0.05, 0) is 25.5 Å². The van der Waals surface area contributed by atoms with Gasteiger partial charge in [0, 0.05) is 13.0 Å². The van der Waals surface area contributed by atoms with Gasteiger partial charge in [-0.3, -0.25) is 4.79 Å². The molecular weight excluding hydrogens is 270 g/mol. The number of carboxylic acids is 1. The van der Waals surface area contributed by atoms with Crippen molar-refractivity contribution in [1.29, 1.82) is 0 Å². The topological polar surface area (TPSA) is 84.2 Å². The Hall–Kier alpha value is -2.37. The van der Waals surface area contributed by atoms with Crippen LogP contribution in [0.1, 0.15) is 36.5 Å². The predicted molar refractivity (Wildman–Crippen MR) is 79.4 cm³/mol. The van der Waals surface area contributed by atoms with Crippen LogP contribution in [0.3, 0.4) is 0 Å². The lowest BCUT2D eigenvalue weighted by atomic mass is 10.2. The first-order valence-electron chi connectivity index (χ1n) is 7.06. The maximum atomic E-state index is 11.9. The Bertz CT molecular complexity index is 676. The Kier molecular flexibility index (Phi) is 4.57. The number of rotatable bonds is 6. The maximum Gasteiger partial charge on any atom is 0.337 e. The molecule has 1 aromatic heterocycles. The van der Waals surface area contributed by atoms with Crippen LogP contribution in [0.5, 0.6) is 0 Å². The molecule has 0 aliphatic heterocycles. The summed E-state index contributed by atoms with van der Waals surface area (Å²) in [5.41, 5.74) is 1.29. The number of aromatic carboxylic acids is 1. The number of aryl methyl sites for hydroxylation is 1. The van der Waals surface area contributed by atoms with Crippen molar-refractivity contribution < 1.29 is 14.7 Å². The fourth-order valence-electron chi connectivity index (χ4n) is 2.36. The highest BCUT2D eigenvalue weighted by atomic mass is 16.4. The molecule has 21 heavy (non-hydrogen) atoms. The largest absolute Gasteiger partial charge is 0.478 e. The van der Waals surface area contributed by atoms with Crippen molar-refractivity contribution in [3.8, 4) is 0 Å². The molecule has 1 amide bonds. The van der Waals surface area contributed by atoms with Gasteiger partial charge in [-0.25, -0.2) is 9.78 Å². The number of hydrogen-bond donors (Lipinski definition) is 2. The zero-order chi connectivity index (χ0) is 15.4. The molecule has 1 heterocycles. The van der Waals surface area contributed by atoms with E-state index in [1.165, 1.54) is 6.07 Å². The molecule has 0 saturated carbocycles. The van der Waals surface area contributed by atoms with Gasteiger partial charge in [0.05, 0.1) is 11.1 Å². The number of para-hydroxylation sites is 1. The molecule has 0 unspecified atom stereocenters. The van der Waals surface area contributed by atoms with Gasteiger partial charge in [-0.15, -0.1) is 0 Å². The minimum absolute atomic E-state index is 0.102. The average molecular weight is 289 g/mol. The monoisotopic (exact) mass is 289 g/mol. The summed E-state index contributed by atoms with van der Waals surface area (Å²) in [6.07, 6.45) is 1.58. The molecule has 0 aliphatic rings. The molecular formula is C15H19N3O3. The number of imidazole rings is 1. The third kappa shape index (κ3) is 3.04. The van der Waals surface area contributed by atoms with E-state index < -0.39 is 5.97 Å². The van der Waals surface area contributed by atoms with Crippen molar-refractivity contribution >= 4 is 22.9 Å². The van der Waals surface area contributed by atoms with E-state index in [0.717, 1.165) is 12.2 Å². The summed E-state index contributed by atoms with van der Waals surface area (Å²) in [4.78, 5) is 27.6. The summed E-state index contributed by atoms with van der Waals surface area (Å²) < 4.78 is 1.80. The highest BCUT2D eigenvalue weighted by Gasteiger charge is 2.17. The van der Waals surface area contributed by atoms with Crippen molar-refractivity contribution in [3.63, 3.8) is 0 Å². The number of carbonyl (C=O) groups excluding carboxylic acids is 1. The molecule has 2 N–H and O–H groups in total. The van der Waals surface area contributed by atoms with Crippen LogP contribution in [-0.2, 0) is 17.8 Å². The summed E-state index contributed by atoms with van der Waals surface area (Å²) in [5.74, 6) is -0.367. The molecule has 0 radical (unpaired) electrons. The normalized spacial score (nSPS) is 10.8. The molecule has 0 bridgehead atoms. The summed E-state index contributed by atoms with van der Waals surface area (Å²) >= 11 is 0. The number of fused-ring (bicyclic) bond motifs is 1. The average Bonchev–Trinajstić information content (AvgIpc) is 2.77. The molecule has 2 rings (SSSR count). The minimum atomic E-state index is -1.01. The fraction of sp³-hybridized carbons (Fsp3) is 0.400. The van der Waals surface area contributed by atoms with Crippen molar-refractivity contribution in [3.05, 3.63) is 29.6 Å². The highest BCUT2D eigenvalue weighted by molar-refractivity contribution is 6.01. The summed E-state index contributed by atoms with van der Waals surface area (Å²) in [6, 6.07) is 5.01. The van der Waals surface area contributed by atoms with Crippen LogP contribution >= 0.6 is 0 Å². The van der Waals surface area contributed by atoms with Crippen LogP contribution in [0.2, 0.25) is 0 Å². The van der Waals surface area contributed by atoms with Crippen LogP contribution < -0.4 is 5.32 Å². The number of likely N-dealkylation sites (N-methyl/N-ethyl adjacent to an activating group) is 1. The van der Waals surface area contributed by atoms with Crippen molar-refractivity contribution in [2.45, 2.75) is 33.2 Å². The van der Waals surface area contributed by atoms with Crippen LogP contribution in [0.25, 0.3) is 11.0 Å². The van der Waals surface area contributed by atoms with E-state index in [2.05, 4.69) is 10.3 Å². The van der Waals surface area contributed by atoms with Crippen LogP contribution in [0, 0.1) is 0 Å². The molecule has 0 saturated heterocycles. The number of aromatic nitrogens is 2. The Morgan fingerprint density at radius 3 is 2.71 bits per heavy atom. The third-order valence-electron chi connectivity index (χ3n) is 3.24. The Balaban J connectivity index is 2.55. The van der Waals surface area contributed by atoms with Crippen LogP contribution in [0.15, 0.2) is 18.2 Å². The number of benzene rings is 1. The van der Waals surface area contributed by atoms with E-state index in [4.69, 9.17) is 0 Å². The lowest BCUT2D eigenvalue weighted by Gasteiger charge is -2.08. The van der Waals surface area contributed by atoms with Crippen molar-refractivity contribution in [2.24, 2.45) is 0 Å². The molecule has 112 valence electrons. The second kappa shape index (κ2) is 6.39. The predicted octanol–water partition coefficient (Wildman–Crippen LogP) is 1.82. The standard InChI is InChI=1S/C15H19N3O3/c1-3-6-12-17-14-10(15(20)21)7-5-8-11(14)18(12)9-13(19)16-4-2/h5,7-8H,3-4,6,9H2,1-2H3,(H,16,19)(H,20,21). The number of carboxylic acid groups (broad SMARTS) is 1. The zero-order valence-electron chi connectivity index (χ0n) is 12.2. The van der Waals surface area contributed by atoms with Gasteiger partial charge in [-0.1, -0.05) is 13.0 Å². The first-order chi connectivity index (χ1) is 10.1. The second-order valence-corrected chi connectivity index (χ2v) is 4.80. The van der Waals surface area contributed by atoms with E-state index in [9.17, 15) is 14.7 Å². The first kappa shape index (κ1) is 15.0. The molecule has 0 atom stereocenters. The van der Waals surface area contributed by atoms with Crippen LogP contribution in [-0.4, -0.2) is 33.1 Å². The van der Waals surface area contributed by atoms with Crippen LogP contribution in [0.4, 0.5) is 0 Å². The van der Waals surface area contributed by atoms with Gasteiger partial charge in [0.15, 0.2) is 0 Å². The number of nitrogens with one attached hydrogen (secondary N) is 1. The van der Waals surface area contributed by atoms with Crippen molar-refractivity contribution in [1.82, 2.24) is 14.9 Å². The summed E-state index contributed by atoms with van der Waals surface area (Å²) in [5, 5.41) is 12.0. The second-order valence-electron chi connectivity index (χ2n) is 4.80. The SMILES string of the molecule is CCCc1nc2c(C(=O)O)cccc2n1CC(=O)NCC. The molecule has 0 aliphatic carbocycles. The Morgan fingerprint density at radius 1 is 1.33 bits per heavy atom. The minimum Gasteiger partial charge on any atom is -0.478 e. The van der Waals surface area contributed by atoms with Gasteiger partial charge in [0.2, 0.25) is 5.91 Å². The van der Waals surface area contributed by atoms with E-state index in [-0.39, 0.29) is 18.0 Å². The van der Waals surface area contributed by atoms with Gasteiger partial charge < -0.3 is 15.0 Å². The van der Waals surface area contributed by atoms with E-state index in [1.807, 2.05) is 13.8 Å². The molecule has 2 aromatic rings. The van der Waals surface area contributed by atoms with Gasteiger partial charge in [0.1, 0.15) is 17.9 Å². The van der Waals surface area contributed by atoms with E-state index >= 15 is 0 Å². The molecule has 0 fully saturated rings. The van der Waals surface area contributed by atoms with E-state index in [1.54, 1.807) is 16.7 Å². The quantitative estimate of drug-likeness (QED) is 0.849. The molecule has 6 heteroatoms. The number of nitrogens with zero attached hydrogens (tertiary/aromatic N) is 2. The lowest BCUT2D eigenvalue weighted by Crippen LogP contribution is -2.27. The summed E-state index contributed by atoms with van der Waals surface area (Å²) in [7, 11) is 0. The number of hydrogen-bond acceptors (Lipinski definition) is 3. The van der Waals surface area contributed by atoms with Crippen molar-refractivity contribution in [2.75, 3.05) is 6.54 Å². The Labute approximate surface area is 122 Å². The summed E-state index contributed by atoms with van der Waals surface area (Å²) in [6.45, 7) is 4.60. The maximum absolute atomic E-state index is 11.9. The first-order valence-corrected chi connectivity index (χ1v) is 7.06. The zero-order valence-corrected chi connectivity index (χ0v) is 12.2. The van der Waals surface area contributed by atoms with Gasteiger partial charge in [0.25, 0.3) is 0 Å². The Morgan fingerprint density at radius 2 is 2.10 bits per heavy atom.